The summed E-state index contributed by atoms with van der Waals surface area (Å²) >= 11 is 1.90. The third-order valence-corrected chi connectivity index (χ3v) is 5.80. The predicted molar refractivity (Wildman–Crippen MR) is 83.5 cm³/mol. The summed E-state index contributed by atoms with van der Waals surface area (Å²) in [5.74, 6) is 1.06. The Balaban J connectivity index is 1.73. The molecular formula is C16H26N2OS. The van der Waals surface area contributed by atoms with Crippen molar-refractivity contribution < 1.29 is 4.74 Å². The van der Waals surface area contributed by atoms with Crippen LogP contribution in [0.15, 0.2) is 5.16 Å². The Morgan fingerprint density at radius 1 is 1.15 bits per heavy atom. The first-order valence-corrected chi connectivity index (χ1v) is 9.04. The fraction of sp³-hybridized carbons (Fsp3) is 0.812. The van der Waals surface area contributed by atoms with Crippen LogP contribution >= 0.6 is 11.8 Å². The number of imidazole rings is 1. The highest BCUT2D eigenvalue weighted by atomic mass is 32.2. The number of ether oxygens (including phenoxy) is 1. The molecule has 0 bridgehead atoms. The average Bonchev–Trinajstić information content (AvgIpc) is 3.07. The highest BCUT2D eigenvalue weighted by Gasteiger charge is 2.23. The lowest BCUT2D eigenvalue weighted by atomic mass is 9.95. The lowest BCUT2D eigenvalue weighted by Gasteiger charge is -2.26. The molecule has 1 aliphatic heterocycles. The van der Waals surface area contributed by atoms with Gasteiger partial charge in [0.25, 0.3) is 0 Å². The Morgan fingerprint density at radius 3 is 2.65 bits per heavy atom. The second-order valence-corrected chi connectivity index (χ2v) is 7.16. The van der Waals surface area contributed by atoms with Gasteiger partial charge < -0.3 is 9.30 Å². The molecule has 20 heavy (non-hydrogen) atoms. The molecule has 1 aromatic heterocycles. The van der Waals surface area contributed by atoms with Gasteiger partial charge in [0, 0.05) is 24.1 Å². The molecule has 1 aliphatic carbocycles. The van der Waals surface area contributed by atoms with E-state index in [-0.39, 0.29) is 0 Å². The smallest absolute Gasteiger partial charge is 0.168 e. The van der Waals surface area contributed by atoms with Gasteiger partial charge in [-0.25, -0.2) is 4.98 Å². The Morgan fingerprint density at radius 2 is 1.95 bits per heavy atom. The summed E-state index contributed by atoms with van der Waals surface area (Å²) in [7, 11) is 0. The molecule has 2 fully saturated rings. The molecule has 1 atom stereocenters. The molecule has 112 valence electrons. The topological polar surface area (TPSA) is 27.1 Å². The zero-order valence-corrected chi connectivity index (χ0v) is 13.5. The van der Waals surface area contributed by atoms with Crippen molar-refractivity contribution >= 4 is 11.8 Å². The van der Waals surface area contributed by atoms with E-state index in [1.807, 2.05) is 11.8 Å². The van der Waals surface area contributed by atoms with Gasteiger partial charge in [-0.05, 0) is 39.5 Å². The number of aromatic nitrogens is 2. The van der Waals surface area contributed by atoms with Gasteiger partial charge in [0.1, 0.15) is 0 Å². The van der Waals surface area contributed by atoms with E-state index in [1.54, 1.807) is 0 Å². The lowest BCUT2D eigenvalue weighted by Crippen LogP contribution is -2.16. The fourth-order valence-corrected chi connectivity index (χ4v) is 4.63. The third-order valence-electron chi connectivity index (χ3n) is 4.72. The first-order valence-electron chi connectivity index (χ1n) is 8.05. The van der Waals surface area contributed by atoms with E-state index in [0.717, 1.165) is 12.4 Å². The second kappa shape index (κ2) is 6.52. The van der Waals surface area contributed by atoms with E-state index in [2.05, 4.69) is 18.4 Å². The standard InChI is InChI=1S/C16H26N2OS/c1-12-13(2)18(14-7-4-3-5-8-14)16(17-12)20-11-15-9-6-10-19-15/h14-15H,3-11H2,1-2H3. The van der Waals surface area contributed by atoms with Gasteiger partial charge in [-0.3, -0.25) is 0 Å². The van der Waals surface area contributed by atoms with Gasteiger partial charge in [-0.2, -0.15) is 0 Å². The van der Waals surface area contributed by atoms with E-state index >= 15 is 0 Å². The molecule has 1 saturated carbocycles. The van der Waals surface area contributed by atoms with Crippen LogP contribution in [0.1, 0.15) is 62.4 Å². The van der Waals surface area contributed by atoms with E-state index in [4.69, 9.17) is 9.72 Å². The first-order chi connectivity index (χ1) is 9.75. The van der Waals surface area contributed by atoms with Crippen LogP contribution in [-0.4, -0.2) is 28.0 Å². The Bertz CT molecular complexity index is 446. The molecular weight excluding hydrogens is 268 g/mol. The molecule has 0 N–H and O–H groups in total. The van der Waals surface area contributed by atoms with Gasteiger partial charge >= 0.3 is 0 Å². The summed E-state index contributed by atoms with van der Waals surface area (Å²) in [4.78, 5) is 4.82. The monoisotopic (exact) mass is 294 g/mol. The maximum atomic E-state index is 5.74. The molecule has 2 heterocycles. The maximum absolute atomic E-state index is 5.74. The van der Waals surface area contributed by atoms with E-state index < -0.39 is 0 Å². The molecule has 2 aliphatic rings. The van der Waals surface area contributed by atoms with Crippen LogP contribution in [0, 0.1) is 13.8 Å². The fourth-order valence-electron chi connectivity index (χ4n) is 3.41. The van der Waals surface area contributed by atoms with Gasteiger partial charge in [0.2, 0.25) is 0 Å². The Kier molecular flexibility index (Phi) is 4.72. The first kappa shape index (κ1) is 14.5. The summed E-state index contributed by atoms with van der Waals surface area (Å²) in [6, 6.07) is 0.678. The van der Waals surface area contributed by atoms with Gasteiger partial charge in [-0.15, -0.1) is 0 Å². The molecule has 1 unspecified atom stereocenters. The van der Waals surface area contributed by atoms with E-state index in [1.165, 1.54) is 61.5 Å². The normalized spacial score (nSPS) is 24.4. The van der Waals surface area contributed by atoms with E-state index in [9.17, 15) is 0 Å². The average molecular weight is 294 g/mol. The van der Waals surface area contributed by atoms with Gasteiger partial charge in [0.15, 0.2) is 5.16 Å². The predicted octanol–water partition coefficient (Wildman–Crippen LogP) is 4.28. The van der Waals surface area contributed by atoms with Crippen molar-refractivity contribution in [1.29, 1.82) is 0 Å². The highest BCUT2D eigenvalue weighted by molar-refractivity contribution is 7.99. The zero-order valence-electron chi connectivity index (χ0n) is 12.7. The quantitative estimate of drug-likeness (QED) is 0.776. The van der Waals surface area contributed by atoms with Gasteiger partial charge in [0.05, 0.1) is 11.8 Å². The van der Waals surface area contributed by atoms with E-state index in [0.29, 0.717) is 12.1 Å². The molecule has 3 nitrogen and oxygen atoms in total. The molecule has 0 spiro atoms. The molecule has 0 amide bonds. The summed E-state index contributed by atoms with van der Waals surface area (Å²) in [5.41, 5.74) is 2.57. The van der Waals surface area contributed by atoms with Crippen LogP contribution in [-0.2, 0) is 4.74 Å². The Hall–Kier alpha value is -0.480. The minimum atomic E-state index is 0.442. The second-order valence-electron chi connectivity index (χ2n) is 6.17. The van der Waals surface area contributed by atoms with Crippen molar-refractivity contribution in [2.24, 2.45) is 0 Å². The highest BCUT2D eigenvalue weighted by Crippen LogP contribution is 2.34. The lowest BCUT2D eigenvalue weighted by molar-refractivity contribution is 0.129. The van der Waals surface area contributed by atoms with Crippen molar-refractivity contribution in [3.05, 3.63) is 11.4 Å². The molecule has 3 rings (SSSR count). The van der Waals surface area contributed by atoms with Crippen LogP contribution in [0.25, 0.3) is 0 Å². The molecule has 1 aromatic rings. The van der Waals surface area contributed by atoms with Crippen molar-refractivity contribution in [3.8, 4) is 0 Å². The SMILES string of the molecule is Cc1nc(SCC2CCCO2)n(C2CCCCC2)c1C. The van der Waals surface area contributed by atoms with Crippen LogP contribution < -0.4 is 0 Å². The minimum Gasteiger partial charge on any atom is -0.377 e. The number of rotatable bonds is 4. The number of hydrogen-bond acceptors (Lipinski definition) is 3. The minimum absolute atomic E-state index is 0.442. The number of nitrogens with zero attached hydrogens (tertiary/aromatic N) is 2. The summed E-state index contributed by atoms with van der Waals surface area (Å²) in [5, 5.41) is 1.22. The Labute approximate surface area is 126 Å². The van der Waals surface area contributed by atoms with Crippen molar-refractivity contribution in [1.82, 2.24) is 9.55 Å². The van der Waals surface area contributed by atoms with Crippen molar-refractivity contribution in [3.63, 3.8) is 0 Å². The zero-order chi connectivity index (χ0) is 13.9. The van der Waals surface area contributed by atoms with Crippen molar-refractivity contribution in [2.45, 2.75) is 76.1 Å². The molecule has 4 heteroatoms. The largest absolute Gasteiger partial charge is 0.377 e. The number of thioether (sulfide) groups is 1. The summed E-state index contributed by atoms with van der Waals surface area (Å²) in [6.45, 7) is 5.32. The van der Waals surface area contributed by atoms with Crippen LogP contribution in [0.3, 0.4) is 0 Å². The van der Waals surface area contributed by atoms with Crippen LogP contribution in [0.4, 0.5) is 0 Å². The summed E-state index contributed by atoms with van der Waals surface area (Å²) in [6.07, 6.45) is 9.68. The number of aryl methyl sites for hydroxylation is 1. The molecule has 1 saturated heterocycles. The van der Waals surface area contributed by atoms with Crippen molar-refractivity contribution in [2.75, 3.05) is 12.4 Å². The van der Waals surface area contributed by atoms with Crippen LogP contribution in [0.2, 0.25) is 0 Å². The van der Waals surface area contributed by atoms with Gasteiger partial charge in [-0.1, -0.05) is 31.0 Å². The third kappa shape index (κ3) is 3.06. The van der Waals surface area contributed by atoms with Crippen LogP contribution in [0.5, 0.6) is 0 Å². The molecule has 0 aromatic carbocycles. The number of hydrogen-bond donors (Lipinski definition) is 0. The summed E-state index contributed by atoms with van der Waals surface area (Å²) < 4.78 is 8.26. The maximum Gasteiger partial charge on any atom is 0.168 e. The molecule has 0 radical (unpaired) electrons.